The largest absolute Gasteiger partial charge is 0.481 e. The number of carboxylic acids is 2. The van der Waals surface area contributed by atoms with Gasteiger partial charge in [0.25, 0.3) is 0 Å². The van der Waals surface area contributed by atoms with Crippen LogP contribution in [-0.2, 0) is 16.1 Å². The molecular weight excluding hydrogens is 284 g/mol. The molecule has 0 spiro atoms. The third-order valence-electron chi connectivity index (χ3n) is 3.08. The van der Waals surface area contributed by atoms with Crippen LogP contribution in [0, 0.1) is 6.92 Å². The number of aromatic nitrogens is 2. The van der Waals surface area contributed by atoms with Gasteiger partial charge in [0.1, 0.15) is 0 Å². The van der Waals surface area contributed by atoms with Crippen LogP contribution in [0.25, 0.3) is 17.3 Å². The number of carboxylic acid groups (broad SMARTS) is 2. The van der Waals surface area contributed by atoms with Crippen LogP contribution < -0.4 is 0 Å². The lowest BCUT2D eigenvalue weighted by atomic mass is 10.1. The first-order chi connectivity index (χ1) is 10.5. The van der Waals surface area contributed by atoms with Gasteiger partial charge in [-0.2, -0.15) is 5.10 Å². The third kappa shape index (κ3) is 4.05. The summed E-state index contributed by atoms with van der Waals surface area (Å²) in [5, 5.41) is 21.9. The van der Waals surface area contributed by atoms with Crippen LogP contribution in [0.15, 0.2) is 36.5 Å². The molecule has 2 rings (SSSR count). The van der Waals surface area contributed by atoms with Gasteiger partial charge in [-0.1, -0.05) is 29.8 Å². The lowest BCUT2D eigenvalue weighted by Crippen LogP contribution is -2.04. The molecule has 0 aliphatic heterocycles. The Hall–Kier alpha value is -2.89. The van der Waals surface area contributed by atoms with Gasteiger partial charge in [-0.25, -0.2) is 4.79 Å². The van der Waals surface area contributed by atoms with Gasteiger partial charge in [0.2, 0.25) is 0 Å². The Balaban J connectivity index is 2.38. The van der Waals surface area contributed by atoms with Gasteiger partial charge >= 0.3 is 11.9 Å². The Morgan fingerprint density at radius 3 is 2.50 bits per heavy atom. The molecule has 2 N–H and O–H groups in total. The van der Waals surface area contributed by atoms with E-state index in [1.54, 1.807) is 6.20 Å². The predicted molar refractivity (Wildman–Crippen MR) is 81.3 cm³/mol. The van der Waals surface area contributed by atoms with Crippen molar-refractivity contribution in [2.45, 2.75) is 19.9 Å². The third-order valence-corrected chi connectivity index (χ3v) is 3.08. The van der Waals surface area contributed by atoms with Gasteiger partial charge in [0.05, 0.1) is 18.7 Å². The van der Waals surface area contributed by atoms with Gasteiger partial charge in [-0.05, 0) is 13.0 Å². The van der Waals surface area contributed by atoms with Gasteiger partial charge in [0, 0.05) is 23.4 Å². The normalized spacial score (nSPS) is 11.0. The molecule has 0 atom stereocenters. The molecule has 0 radical (unpaired) electrons. The first-order valence-corrected chi connectivity index (χ1v) is 6.73. The highest BCUT2D eigenvalue weighted by atomic mass is 16.4. The van der Waals surface area contributed by atoms with E-state index in [1.807, 2.05) is 31.2 Å². The van der Waals surface area contributed by atoms with Crippen molar-refractivity contribution >= 4 is 18.0 Å². The minimum Gasteiger partial charge on any atom is -0.481 e. The second-order valence-electron chi connectivity index (χ2n) is 4.88. The van der Waals surface area contributed by atoms with Crippen molar-refractivity contribution < 1.29 is 19.8 Å². The Labute approximate surface area is 127 Å². The van der Waals surface area contributed by atoms with E-state index in [0.717, 1.165) is 17.2 Å². The molecule has 0 aliphatic carbocycles. The SMILES string of the molecule is Cc1ccc(-c2nn(CCC(=O)O)cc2/C=C/C(=O)O)cc1. The van der Waals surface area contributed by atoms with Crippen molar-refractivity contribution in [2.75, 3.05) is 0 Å². The van der Waals surface area contributed by atoms with Crippen LogP contribution >= 0.6 is 0 Å². The smallest absolute Gasteiger partial charge is 0.328 e. The summed E-state index contributed by atoms with van der Waals surface area (Å²) in [6.45, 7) is 2.20. The maximum Gasteiger partial charge on any atom is 0.328 e. The molecule has 2 aromatic rings. The zero-order valence-electron chi connectivity index (χ0n) is 12.1. The summed E-state index contributed by atoms with van der Waals surface area (Å²) < 4.78 is 1.52. The minimum absolute atomic E-state index is 0.0445. The average molecular weight is 300 g/mol. The Kier molecular flexibility index (Phi) is 4.73. The summed E-state index contributed by atoms with van der Waals surface area (Å²) in [7, 11) is 0. The summed E-state index contributed by atoms with van der Waals surface area (Å²) in [6, 6.07) is 7.68. The van der Waals surface area contributed by atoms with Crippen LogP contribution in [0.2, 0.25) is 0 Å². The van der Waals surface area contributed by atoms with Gasteiger partial charge in [-0.15, -0.1) is 0 Å². The molecule has 0 fully saturated rings. The highest BCUT2D eigenvalue weighted by Crippen LogP contribution is 2.23. The van der Waals surface area contributed by atoms with Gasteiger partial charge < -0.3 is 10.2 Å². The quantitative estimate of drug-likeness (QED) is 0.799. The molecule has 0 unspecified atom stereocenters. The molecule has 22 heavy (non-hydrogen) atoms. The number of carbonyl (C=O) groups is 2. The molecule has 1 heterocycles. The van der Waals surface area contributed by atoms with E-state index in [4.69, 9.17) is 10.2 Å². The summed E-state index contributed by atoms with van der Waals surface area (Å²) in [6.07, 6.45) is 4.10. The maximum absolute atomic E-state index is 10.7. The number of benzene rings is 1. The molecule has 0 aliphatic rings. The molecule has 0 bridgehead atoms. The van der Waals surface area contributed by atoms with Crippen molar-refractivity contribution in [1.29, 1.82) is 0 Å². The molecule has 0 saturated heterocycles. The Morgan fingerprint density at radius 1 is 1.23 bits per heavy atom. The van der Waals surface area contributed by atoms with Crippen molar-refractivity contribution in [1.82, 2.24) is 9.78 Å². The van der Waals surface area contributed by atoms with E-state index < -0.39 is 11.9 Å². The summed E-state index contributed by atoms with van der Waals surface area (Å²) >= 11 is 0. The highest BCUT2D eigenvalue weighted by molar-refractivity contribution is 5.87. The van der Waals surface area contributed by atoms with E-state index >= 15 is 0 Å². The van der Waals surface area contributed by atoms with Gasteiger partial charge in [-0.3, -0.25) is 9.48 Å². The molecule has 0 amide bonds. The Morgan fingerprint density at radius 2 is 1.91 bits per heavy atom. The minimum atomic E-state index is -1.05. The van der Waals surface area contributed by atoms with Crippen LogP contribution in [0.4, 0.5) is 0 Å². The van der Waals surface area contributed by atoms with Crippen molar-refractivity contribution in [2.24, 2.45) is 0 Å². The number of nitrogens with zero attached hydrogens (tertiary/aromatic N) is 2. The number of aliphatic carboxylic acids is 2. The summed E-state index contributed by atoms with van der Waals surface area (Å²) in [5.74, 6) is -1.96. The zero-order valence-corrected chi connectivity index (χ0v) is 12.1. The molecule has 1 aromatic carbocycles. The standard InChI is InChI=1S/C16H16N2O4/c1-11-2-4-12(5-3-11)16-13(6-7-14(19)20)10-18(17-16)9-8-15(21)22/h2-7,10H,8-9H2,1H3,(H,19,20)(H,21,22)/b7-6+. The zero-order chi connectivity index (χ0) is 16.1. The molecule has 6 heteroatoms. The van der Waals surface area contributed by atoms with Crippen LogP contribution in [0.1, 0.15) is 17.5 Å². The monoisotopic (exact) mass is 300 g/mol. The lowest BCUT2D eigenvalue weighted by molar-refractivity contribution is -0.137. The van der Waals surface area contributed by atoms with Crippen molar-refractivity contribution in [3.8, 4) is 11.3 Å². The first kappa shape index (κ1) is 15.5. The van der Waals surface area contributed by atoms with E-state index in [2.05, 4.69) is 5.10 Å². The molecule has 114 valence electrons. The molecule has 1 aromatic heterocycles. The lowest BCUT2D eigenvalue weighted by Gasteiger charge is -2.00. The van der Waals surface area contributed by atoms with E-state index in [-0.39, 0.29) is 13.0 Å². The van der Waals surface area contributed by atoms with Crippen LogP contribution in [0.3, 0.4) is 0 Å². The van der Waals surface area contributed by atoms with E-state index in [1.165, 1.54) is 10.8 Å². The topological polar surface area (TPSA) is 92.4 Å². The van der Waals surface area contributed by atoms with Crippen molar-refractivity contribution in [3.63, 3.8) is 0 Å². The molecule has 6 nitrogen and oxygen atoms in total. The van der Waals surface area contributed by atoms with E-state index in [9.17, 15) is 9.59 Å². The fourth-order valence-electron chi connectivity index (χ4n) is 1.98. The second kappa shape index (κ2) is 6.71. The summed E-state index contributed by atoms with van der Waals surface area (Å²) in [5.41, 5.74) is 3.22. The molecule has 0 saturated carbocycles. The predicted octanol–water partition coefficient (Wildman–Crippen LogP) is 2.43. The fraction of sp³-hybridized carbons (Fsp3) is 0.188. The molecular formula is C16H16N2O4. The Bertz CT molecular complexity index is 714. The number of aryl methyl sites for hydroxylation is 2. The van der Waals surface area contributed by atoms with Crippen LogP contribution in [0.5, 0.6) is 0 Å². The number of hydrogen-bond acceptors (Lipinski definition) is 3. The maximum atomic E-state index is 10.7. The van der Waals surface area contributed by atoms with Crippen molar-refractivity contribution in [3.05, 3.63) is 47.7 Å². The number of rotatable bonds is 6. The van der Waals surface area contributed by atoms with Gasteiger partial charge in [0.15, 0.2) is 0 Å². The van der Waals surface area contributed by atoms with Crippen LogP contribution in [-0.4, -0.2) is 31.9 Å². The second-order valence-corrected chi connectivity index (χ2v) is 4.88. The summed E-state index contributed by atoms with van der Waals surface area (Å²) in [4.78, 5) is 21.3. The van der Waals surface area contributed by atoms with E-state index in [0.29, 0.717) is 11.3 Å². The number of hydrogen-bond donors (Lipinski definition) is 2. The average Bonchev–Trinajstić information content (AvgIpc) is 2.87. The first-order valence-electron chi connectivity index (χ1n) is 6.73. The fourth-order valence-corrected chi connectivity index (χ4v) is 1.98. The highest BCUT2D eigenvalue weighted by Gasteiger charge is 2.10.